The normalized spacial score (nSPS) is 12.8. The average Bonchev–Trinajstić information content (AvgIpc) is 3.13. The molecule has 0 fully saturated rings. The summed E-state index contributed by atoms with van der Waals surface area (Å²) >= 11 is 0. The van der Waals surface area contributed by atoms with Crippen molar-refractivity contribution in [2.45, 2.75) is 19.2 Å². The van der Waals surface area contributed by atoms with Crippen molar-refractivity contribution in [3.63, 3.8) is 0 Å². The number of fused-ring (bicyclic) bond motifs is 1. The number of likely N-dealkylation sites (N-methyl/N-ethyl adjacent to an activating group) is 1. The Morgan fingerprint density at radius 1 is 1.08 bits per heavy atom. The number of rotatable bonds is 8. The van der Waals surface area contributed by atoms with Crippen LogP contribution in [0.4, 0.5) is 8.78 Å². The van der Waals surface area contributed by atoms with E-state index in [4.69, 9.17) is 9.15 Å². The van der Waals surface area contributed by atoms with Gasteiger partial charge in [0.1, 0.15) is 11.5 Å². The number of hydrogen-bond acceptors (Lipinski definition) is 4. The van der Waals surface area contributed by atoms with Crippen LogP contribution in [0.25, 0.3) is 10.8 Å². The van der Waals surface area contributed by atoms with Crippen LogP contribution in [0.1, 0.15) is 17.4 Å². The summed E-state index contributed by atoms with van der Waals surface area (Å²) < 4.78 is 35.8. The molecule has 1 heterocycles. The maximum Gasteiger partial charge on any atom is 0.387 e. The first-order chi connectivity index (χ1) is 12.6. The van der Waals surface area contributed by atoms with E-state index >= 15 is 0 Å². The van der Waals surface area contributed by atoms with Gasteiger partial charge in [-0.25, -0.2) is 0 Å². The number of furan rings is 1. The molecule has 3 rings (SSSR count). The zero-order valence-electron chi connectivity index (χ0n) is 14.8. The van der Waals surface area contributed by atoms with Crippen molar-refractivity contribution in [3.05, 3.63) is 66.1 Å². The van der Waals surface area contributed by atoms with E-state index in [2.05, 4.69) is 5.32 Å². The minimum atomic E-state index is -2.85. The summed E-state index contributed by atoms with van der Waals surface area (Å²) in [7, 11) is 3.94. The number of ether oxygens (including phenoxy) is 1. The van der Waals surface area contributed by atoms with E-state index < -0.39 is 6.61 Å². The molecule has 138 valence electrons. The number of nitrogens with zero attached hydrogens (tertiary/aromatic N) is 1. The van der Waals surface area contributed by atoms with Crippen molar-refractivity contribution >= 4 is 10.8 Å². The van der Waals surface area contributed by atoms with E-state index in [1.54, 1.807) is 18.4 Å². The second-order valence-electron chi connectivity index (χ2n) is 6.27. The van der Waals surface area contributed by atoms with E-state index in [1.165, 1.54) is 0 Å². The molecule has 0 spiro atoms. The summed E-state index contributed by atoms with van der Waals surface area (Å²) in [5.41, 5.74) is 0.723. The topological polar surface area (TPSA) is 37.6 Å². The molecular weight excluding hydrogens is 338 g/mol. The zero-order chi connectivity index (χ0) is 18.5. The van der Waals surface area contributed by atoms with Crippen LogP contribution in [0.2, 0.25) is 0 Å². The van der Waals surface area contributed by atoms with Crippen molar-refractivity contribution < 1.29 is 17.9 Å². The highest BCUT2D eigenvalue weighted by molar-refractivity contribution is 5.87. The van der Waals surface area contributed by atoms with Crippen molar-refractivity contribution in [1.82, 2.24) is 10.2 Å². The summed E-state index contributed by atoms with van der Waals surface area (Å²) in [6.07, 6.45) is 1.64. The highest BCUT2D eigenvalue weighted by atomic mass is 19.3. The van der Waals surface area contributed by atoms with Gasteiger partial charge < -0.3 is 14.5 Å². The minimum absolute atomic E-state index is 0.0412. The Morgan fingerprint density at radius 3 is 2.58 bits per heavy atom. The van der Waals surface area contributed by atoms with Gasteiger partial charge in [-0.1, -0.05) is 30.3 Å². The summed E-state index contributed by atoms with van der Waals surface area (Å²) in [4.78, 5) is 2.05. The fraction of sp³-hybridized carbons (Fsp3) is 0.300. The summed E-state index contributed by atoms with van der Waals surface area (Å²) in [6, 6.07) is 14.9. The van der Waals surface area contributed by atoms with E-state index in [0.717, 1.165) is 22.1 Å². The SMILES string of the molecule is CN(C)[C@@H](CNCc1c(OC(F)F)ccc2ccccc12)c1ccco1. The van der Waals surface area contributed by atoms with Crippen molar-refractivity contribution in [1.29, 1.82) is 0 Å². The van der Waals surface area contributed by atoms with Crippen LogP contribution in [-0.4, -0.2) is 32.2 Å². The lowest BCUT2D eigenvalue weighted by molar-refractivity contribution is -0.0503. The summed E-state index contributed by atoms with van der Waals surface area (Å²) in [6.45, 7) is -1.83. The minimum Gasteiger partial charge on any atom is -0.468 e. The van der Waals surface area contributed by atoms with Crippen molar-refractivity contribution in [2.75, 3.05) is 20.6 Å². The van der Waals surface area contributed by atoms with Gasteiger partial charge in [0.15, 0.2) is 0 Å². The van der Waals surface area contributed by atoms with E-state index in [-0.39, 0.29) is 11.8 Å². The van der Waals surface area contributed by atoms with Gasteiger partial charge in [-0.3, -0.25) is 4.90 Å². The van der Waals surface area contributed by atoms with Gasteiger partial charge in [-0.15, -0.1) is 0 Å². The third kappa shape index (κ3) is 4.20. The first kappa shape index (κ1) is 18.4. The molecule has 3 aromatic rings. The third-order valence-electron chi connectivity index (χ3n) is 4.35. The fourth-order valence-corrected chi connectivity index (χ4v) is 3.06. The molecule has 1 atom stereocenters. The maximum atomic E-state index is 12.8. The second-order valence-corrected chi connectivity index (χ2v) is 6.27. The number of nitrogens with one attached hydrogen (secondary N) is 1. The Hall–Kier alpha value is -2.44. The molecule has 0 amide bonds. The zero-order valence-corrected chi connectivity index (χ0v) is 14.8. The molecule has 0 aliphatic carbocycles. The van der Waals surface area contributed by atoms with Gasteiger partial charge in [0.05, 0.1) is 12.3 Å². The van der Waals surface area contributed by atoms with Crippen LogP contribution < -0.4 is 10.1 Å². The number of alkyl halides is 2. The third-order valence-corrected chi connectivity index (χ3v) is 4.35. The van der Waals surface area contributed by atoms with Crippen LogP contribution in [0.5, 0.6) is 5.75 Å². The standard InChI is InChI=1S/C20H22F2N2O2/c1-24(2)17(19-8-5-11-25-19)13-23-12-16-15-7-4-3-6-14(15)9-10-18(16)26-20(21)22/h3-11,17,20,23H,12-13H2,1-2H3/t17-/m0/s1. The average molecular weight is 360 g/mol. The first-order valence-corrected chi connectivity index (χ1v) is 8.42. The van der Waals surface area contributed by atoms with Crippen molar-refractivity contribution in [2.24, 2.45) is 0 Å². The van der Waals surface area contributed by atoms with E-state index in [9.17, 15) is 8.78 Å². The molecule has 0 unspecified atom stereocenters. The van der Waals surface area contributed by atoms with Gasteiger partial charge in [0.2, 0.25) is 0 Å². The highest BCUT2D eigenvalue weighted by Gasteiger charge is 2.18. The lowest BCUT2D eigenvalue weighted by Crippen LogP contribution is -2.30. The molecule has 0 bridgehead atoms. The lowest BCUT2D eigenvalue weighted by Gasteiger charge is -2.23. The van der Waals surface area contributed by atoms with Crippen LogP contribution >= 0.6 is 0 Å². The van der Waals surface area contributed by atoms with Gasteiger partial charge in [0.25, 0.3) is 0 Å². The quantitative estimate of drug-likeness (QED) is 0.645. The predicted molar refractivity (Wildman–Crippen MR) is 97.4 cm³/mol. The molecule has 1 aromatic heterocycles. The van der Waals surface area contributed by atoms with Crippen LogP contribution in [0, 0.1) is 0 Å². The van der Waals surface area contributed by atoms with Gasteiger partial charge >= 0.3 is 6.61 Å². The second kappa shape index (κ2) is 8.29. The molecule has 0 radical (unpaired) electrons. The molecule has 26 heavy (non-hydrogen) atoms. The van der Waals surface area contributed by atoms with E-state index in [1.807, 2.05) is 55.4 Å². The van der Waals surface area contributed by atoms with Gasteiger partial charge in [0, 0.05) is 18.7 Å². The lowest BCUT2D eigenvalue weighted by atomic mass is 10.0. The predicted octanol–water partition coefficient (Wildman–Crippen LogP) is 4.43. The fourth-order valence-electron chi connectivity index (χ4n) is 3.06. The molecule has 0 aliphatic rings. The smallest absolute Gasteiger partial charge is 0.387 e. The molecule has 0 aliphatic heterocycles. The molecule has 0 saturated carbocycles. The van der Waals surface area contributed by atoms with E-state index in [0.29, 0.717) is 13.1 Å². The molecule has 2 aromatic carbocycles. The molecule has 1 N–H and O–H groups in total. The monoisotopic (exact) mass is 360 g/mol. The largest absolute Gasteiger partial charge is 0.468 e. The molecule has 6 heteroatoms. The Labute approximate surface area is 151 Å². The van der Waals surface area contributed by atoms with Gasteiger partial charge in [-0.05, 0) is 43.1 Å². The first-order valence-electron chi connectivity index (χ1n) is 8.42. The van der Waals surface area contributed by atoms with Crippen LogP contribution in [0.3, 0.4) is 0 Å². The maximum absolute atomic E-state index is 12.8. The molecule has 4 nitrogen and oxygen atoms in total. The highest BCUT2D eigenvalue weighted by Crippen LogP contribution is 2.29. The number of halogens is 2. The summed E-state index contributed by atoms with van der Waals surface area (Å²) in [5, 5.41) is 5.24. The Kier molecular flexibility index (Phi) is 5.85. The molecular formula is C20H22F2N2O2. The van der Waals surface area contributed by atoms with Crippen molar-refractivity contribution in [3.8, 4) is 5.75 Å². The van der Waals surface area contributed by atoms with Gasteiger partial charge in [-0.2, -0.15) is 8.78 Å². The Bertz CT molecular complexity index is 835. The number of benzene rings is 2. The van der Waals surface area contributed by atoms with Crippen LogP contribution in [0.15, 0.2) is 59.2 Å². The van der Waals surface area contributed by atoms with Crippen LogP contribution in [-0.2, 0) is 6.54 Å². The Balaban J connectivity index is 1.80. The Morgan fingerprint density at radius 2 is 1.88 bits per heavy atom. The number of hydrogen-bond donors (Lipinski definition) is 1. The summed E-state index contributed by atoms with van der Waals surface area (Å²) in [5.74, 6) is 1.05. The molecule has 0 saturated heterocycles.